The lowest BCUT2D eigenvalue weighted by molar-refractivity contribution is -0.384. The van der Waals surface area contributed by atoms with Crippen LogP contribution in [0.5, 0.6) is 0 Å². The number of benzene rings is 2. The van der Waals surface area contributed by atoms with E-state index in [2.05, 4.69) is 11.1 Å². The van der Waals surface area contributed by atoms with Crippen LogP contribution < -0.4 is 0 Å². The summed E-state index contributed by atoms with van der Waals surface area (Å²) < 4.78 is 25.1. The molecule has 1 N–H and O–H groups in total. The summed E-state index contributed by atoms with van der Waals surface area (Å²) in [7, 11) is 0. The van der Waals surface area contributed by atoms with Crippen molar-refractivity contribution in [1.29, 1.82) is 5.26 Å². The molecule has 0 amide bonds. The molecule has 0 spiro atoms. The minimum atomic E-state index is -0.670. The molecule has 33 heavy (non-hydrogen) atoms. The number of nitriles is 1. The van der Waals surface area contributed by atoms with E-state index in [9.17, 15) is 10.4 Å². The molecule has 3 heterocycles. The van der Waals surface area contributed by atoms with Gasteiger partial charge < -0.3 is 24.1 Å². The van der Waals surface area contributed by atoms with Gasteiger partial charge >= 0.3 is 0 Å². The largest absolute Gasteiger partial charge is 0.394 e. The van der Waals surface area contributed by atoms with E-state index in [1.54, 1.807) is 18.5 Å². The van der Waals surface area contributed by atoms with Crippen LogP contribution in [0.15, 0.2) is 79.1 Å². The standard InChI is InChI=1S/C26H24N2O5/c27-14-19-11-12-28-15-20(19)13-21-23-24(33-25(30-21)17-7-3-1-4-8-17)22(16-29)31-26(32-23)18-9-5-2-6-10-18/h1-12,15,21-26,29H,13,16H2. The SMILES string of the molecule is N#Cc1ccncc1CC1OC(c2ccccc2)OC2C(CO)OC(c3ccccc3)OC12. The number of nitrogens with zero attached hydrogens (tertiary/aromatic N) is 2. The Morgan fingerprint density at radius 2 is 1.36 bits per heavy atom. The Bertz CT molecular complexity index is 1100. The average molecular weight is 444 g/mol. The molecule has 2 saturated heterocycles. The first-order valence-electron chi connectivity index (χ1n) is 10.9. The second kappa shape index (κ2) is 9.79. The lowest BCUT2D eigenvalue weighted by Crippen LogP contribution is -2.59. The smallest absolute Gasteiger partial charge is 0.184 e. The molecule has 2 fully saturated rings. The topological polar surface area (TPSA) is 93.8 Å². The molecule has 2 aliphatic rings. The lowest BCUT2D eigenvalue weighted by atomic mass is 9.93. The van der Waals surface area contributed by atoms with E-state index >= 15 is 0 Å². The maximum absolute atomic E-state index is 10.2. The fraction of sp³-hybridized carbons (Fsp3) is 0.308. The van der Waals surface area contributed by atoms with E-state index < -0.39 is 37.0 Å². The van der Waals surface area contributed by atoms with Crippen molar-refractivity contribution in [2.75, 3.05) is 6.61 Å². The van der Waals surface area contributed by atoms with Gasteiger partial charge in [-0.25, -0.2) is 0 Å². The van der Waals surface area contributed by atoms with Crippen molar-refractivity contribution >= 4 is 0 Å². The molecule has 2 aliphatic heterocycles. The average Bonchev–Trinajstić information content (AvgIpc) is 2.89. The first-order chi connectivity index (χ1) is 16.3. The monoisotopic (exact) mass is 444 g/mol. The Morgan fingerprint density at radius 1 is 0.788 bits per heavy atom. The molecular formula is C26H24N2O5. The van der Waals surface area contributed by atoms with Crippen LogP contribution in [0.2, 0.25) is 0 Å². The fourth-order valence-electron chi connectivity index (χ4n) is 4.34. The molecule has 2 aromatic carbocycles. The number of pyridine rings is 1. The first kappa shape index (κ1) is 21.7. The number of ether oxygens (including phenoxy) is 4. The van der Waals surface area contributed by atoms with Crippen LogP contribution in [-0.2, 0) is 25.4 Å². The minimum Gasteiger partial charge on any atom is -0.394 e. The van der Waals surface area contributed by atoms with Crippen molar-refractivity contribution in [2.45, 2.75) is 43.4 Å². The number of aromatic nitrogens is 1. The molecule has 7 nitrogen and oxygen atoms in total. The number of aliphatic hydroxyl groups excluding tert-OH is 1. The Kier molecular flexibility index (Phi) is 6.44. The highest BCUT2D eigenvalue weighted by Crippen LogP contribution is 2.41. The summed E-state index contributed by atoms with van der Waals surface area (Å²) in [5.41, 5.74) is 3.01. The summed E-state index contributed by atoms with van der Waals surface area (Å²) in [6, 6.07) is 23.1. The third kappa shape index (κ3) is 4.53. The summed E-state index contributed by atoms with van der Waals surface area (Å²) in [4.78, 5) is 4.19. The van der Waals surface area contributed by atoms with Gasteiger partial charge in [-0.15, -0.1) is 0 Å². The molecule has 7 heteroatoms. The number of aliphatic hydroxyl groups is 1. The van der Waals surface area contributed by atoms with E-state index in [1.807, 2.05) is 60.7 Å². The van der Waals surface area contributed by atoms with Crippen LogP contribution >= 0.6 is 0 Å². The molecule has 0 aliphatic carbocycles. The zero-order chi connectivity index (χ0) is 22.6. The maximum Gasteiger partial charge on any atom is 0.184 e. The molecule has 0 saturated carbocycles. The van der Waals surface area contributed by atoms with Gasteiger partial charge in [0.1, 0.15) is 18.3 Å². The lowest BCUT2D eigenvalue weighted by Gasteiger charge is -2.49. The summed E-state index contributed by atoms with van der Waals surface area (Å²) >= 11 is 0. The molecular weight excluding hydrogens is 420 g/mol. The Labute approximate surface area is 192 Å². The van der Waals surface area contributed by atoms with E-state index in [-0.39, 0.29) is 6.61 Å². The number of hydrogen-bond donors (Lipinski definition) is 1. The van der Waals surface area contributed by atoms with E-state index in [4.69, 9.17) is 18.9 Å². The Balaban J connectivity index is 1.49. The summed E-state index contributed by atoms with van der Waals surface area (Å²) in [5, 5.41) is 19.7. The summed E-state index contributed by atoms with van der Waals surface area (Å²) in [6.45, 7) is -0.224. The highest BCUT2D eigenvalue weighted by molar-refractivity contribution is 5.35. The zero-order valence-corrected chi connectivity index (χ0v) is 17.9. The second-order valence-corrected chi connectivity index (χ2v) is 8.07. The molecule has 6 unspecified atom stereocenters. The third-order valence-electron chi connectivity index (χ3n) is 5.98. The van der Waals surface area contributed by atoms with Crippen molar-refractivity contribution < 1.29 is 24.1 Å². The normalized spacial score (nSPS) is 29.1. The van der Waals surface area contributed by atoms with Gasteiger partial charge in [-0.05, 0) is 11.6 Å². The van der Waals surface area contributed by atoms with Crippen LogP contribution in [0.1, 0.15) is 34.8 Å². The van der Waals surface area contributed by atoms with Gasteiger partial charge in [-0.3, -0.25) is 4.98 Å². The number of fused-ring (bicyclic) bond motifs is 1. The van der Waals surface area contributed by atoms with Crippen LogP contribution in [0.4, 0.5) is 0 Å². The molecule has 6 atom stereocenters. The van der Waals surface area contributed by atoms with Crippen molar-refractivity contribution in [3.63, 3.8) is 0 Å². The van der Waals surface area contributed by atoms with Gasteiger partial charge in [-0.2, -0.15) is 5.26 Å². The summed E-state index contributed by atoms with van der Waals surface area (Å²) in [6.07, 6.45) is 0.233. The van der Waals surface area contributed by atoms with Crippen LogP contribution in [0.25, 0.3) is 0 Å². The van der Waals surface area contributed by atoms with Crippen molar-refractivity contribution in [3.05, 3.63) is 101 Å². The summed E-state index contributed by atoms with van der Waals surface area (Å²) in [5.74, 6) is 0. The minimum absolute atomic E-state index is 0.224. The van der Waals surface area contributed by atoms with Gasteiger partial charge in [0.15, 0.2) is 12.6 Å². The first-order valence-corrected chi connectivity index (χ1v) is 10.9. The predicted octanol–water partition coefficient (Wildman–Crippen LogP) is 3.45. The number of rotatable bonds is 5. The van der Waals surface area contributed by atoms with Crippen molar-refractivity contribution in [1.82, 2.24) is 4.98 Å². The van der Waals surface area contributed by atoms with E-state index in [1.165, 1.54) is 0 Å². The van der Waals surface area contributed by atoms with Gasteiger partial charge in [0.25, 0.3) is 0 Å². The molecule has 0 radical (unpaired) electrons. The predicted molar refractivity (Wildman–Crippen MR) is 118 cm³/mol. The zero-order valence-electron chi connectivity index (χ0n) is 17.9. The highest BCUT2D eigenvalue weighted by Gasteiger charge is 2.50. The molecule has 5 rings (SSSR count). The van der Waals surface area contributed by atoms with E-state index in [0.717, 1.165) is 16.7 Å². The molecule has 0 bridgehead atoms. The number of hydrogen-bond acceptors (Lipinski definition) is 7. The van der Waals surface area contributed by atoms with Crippen LogP contribution in [-0.4, -0.2) is 41.1 Å². The van der Waals surface area contributed by atoms with Crippen molar-refractivity contribution in [3.8, 4) is 6.07 Å². The highest BCUT2D eigenvalue weighted by atomic mass is 16.8. The molecule has 1 aromatic heterocycles. The van der Waals surface area contributed by atoms with Crippen molar-refractivity contribution in [2.24, 2.45) is 0 Å². The fourth-order valence-corrected chi connectivity index (χ4v) is 4.34. The molecule has 3 aromatic rings. The van der Waals surface area contributed by atoms with E-state index in [0.29, 0.717) is 12.0 Å². The maximum atomic E-state index is 10.2. The van der Waals surface area contributed by atoms with Gasteiger partial charge in [-0.1, -0.05) is 60.7 Å². The van der Waals surface area contributed by atoms with Crippen LogP contribution in [0.3, 0.4) is 0 Å². The van der Waals surface area contributed by atoms with Gasteiger partial charge in [0, 0.05) is 29.9 Å². The quantitative estimate of drug-likeness (QED) is 0.644. The Hall–Kier alpha value is -3.12. The third-order valence-corrected chi connectivity index (χ3v) is 5.98. The molecule has 168 valence electrons. The van der Waals surface area contributed by atoms with Gasteiger partial charge in [0.2, 0.25) is 0 Å². The Morgan fingerprint density at radius 3 is 1.94 bits per heavy atom. The second-order valence-electron chi connectivity index (χ2n) is 8.07. The van der Waals surface area contributed by atoms with Crippen LogP contribution in [0, 0.1) is 11.3 Å². The van der Waals surface area contributed by atoms with Gasteiger partial charge in [0.05, 0.1) is 24.3 Å².